The monoisotopic (exact) mass is 363 g/mol. The number of hydrogen-bond donors (Lipinski definition) is 1. The van der Waals surface area contributed by atoms with Gasteiger partial charge in [-0.3, -0.25) is 0 Å². The topological polar surface area (TPSA) is 42.4 Å². The maximum atomic E-state index is 9.52. The first-order valence-corrected chi connectivity index (χ1v) is 7.47. The van der Waals surface area contributed by atoms with Gasteiger partial charge in [0.05, 0.1) is 16.6 Å². The van der Waals surface area contributed by atoms with Crippen LogP contribution >= 0.6 is 27.5 Å². The molecule has 3 rings (SSSR count). The molecule has 5 heteroatoms. The molecular formula is C16H11BrClNO2. The van der Waals surface area contributed by atoms with Crippen LogP contribution in [0, 0.1) is 0 Å². The second-order valence-electron chi connectivity index (χ2n) is 4.48. The van der Waals surface area contributed by atoms with Gasteiger partial charge in [0, 0.05) is 16.0 Å². The number of nitrogens with zero attached hydrogens (tertiary/aromatic N) is 1. The van der Waals surface area contributed by atoms with Crippen molar-refractivity contribution in [1.29, 1.82) is 0 Å². The molecule has 2 aromatic carbocycles. The summed E-state index contributed by atoms with van der Waals surface area (Å²) < 4.78 is 6.55. The maximum absolute atomic E-state index is 9.52. The van der Waals surface area contributed by atoms with Crippen LogP contribution in [0.15, 0.2) is 53.0 Å². The van der Waals surface area contributed by atoms with E-state index in [0.717, 1.165) is 15.4 Å². The minimum atomic E-state index is -0.140. The summed E-state index contributed by atoms with van der Waals surface area (Å²) >= 11 is 9.32. The van der Waals surface area contributed by atoms with Crippen LogP contribution in [0.25, 0.3) is 10.9 Å². The second kappa shape index (κ2) is 6.02. The Morgan fingerprint density at radius 2 is 1.95 bits per heavy atom. The van der Waals surface area contributed by atoms with Gasteiger partial charge >= 0.3 is 0 Å². The predicted molar refractivity (Wildman–Crippen MR) is 86.9 cm³/mol. The third-order valence-corrected chi connectivity index (χ3v) is 3.89. The summed E-state index contributed by atoms with van der Waals surface area (Å²) in [5.41, 5.74) is 1.45. The van der Waals surface area contributed by atoms with E-state index >= 15 is 0 Å². The standard InChI is InChI=1S/C16H11BrClNO2/c17-13-8-12(18)5-6-15(13)21-16-11(9-20)7-10-3-1-2-4-14(10)19-16/h1-8,20H,9H2. The first-order chi connectivity index (χ1) is 10.2. The summed E-state index contributed by atoms with van der Waals surface area (Å²) in [5, 5.41) is 11.1. The van der Waals surface area contributed by atoms with Crippen LogP contribution in [-0.2, 0) is 6.61 Å². The normalized spacial score (nSPS) is 10.8. The zero-order valence-corrected chi connectivity index (χ0v) is 13.2. The Morgan fingerprint density at radius 1 is 1.14 bits per heavy atom. The highest BCUT2D eigenvalue weighted by molar-refractivity contribution is 9.10. The van der Waals surface area contributed by atoms with Crippen molar-refractivity contribution in [3.63, 3.8) is 0 Å². The molecule has 1 N–H and O–H groups in total. The molecule has 0 fully saturated rings. The molecule has 0 saturated heterocycles. The molecule has 0 atom stereocenters. The van der Waals surface area contributed by atoms with E-state index in [0.29, 0.717) is 22.2 Å². The number of aliphatic hydroxyl groups is 1. The first kappa shape index (κ1) is 14.3. The average molecular weight is 365 g/mol. The molecule has 0 aliphatic heterocycles. The van der Waals surface area contributed by atoms with Crippen molar-refractivity contribution in [2.24, 2.45) is 0 Å². The molecule has 1 heterocycles. The largest absolute Gasteiger partial charge is 0.437 e. The number of rotatable bonds is 3. The molecule has 3 nitrogen and oxygen atoms in total. The van der Waals surface area contributed by atoms with Gasteiger partial charge in [-0.05, 0) is 46.3 Å². The summed E-state index contributed by atoms with van der Waals surface area (Å²) in [6.45, 7) is -0.140. The molecule has 3 aromatic rings. The number of aliphatic hydroxyl groups excluding tert-OH is 1. The third-order valence-electron chi connectivity index (χ3n) is 3.03. The van der Waals surface area contributed by atoms with E-state index in [9.17, 15) is 5.11 Å². The molecule has 106 valence electrons. The van der Waals surface area contributed by atoms with E-state index in [4.69, 9.17) is 16.3 Å². The van der Waals surface area contributed by atoms with Crippen molar-refractivity contribution in [3.8, 4) is 11.6 Å². The summed E-state index contributed by atoms with van der Waals surface area (Å²) in [6, 6.07) is 14.8. The highest BCUT2D eigenvalue weighted by Gasteiger charge is 2.11. The van der Waals surface area contributed by atoms with Crippen LogP contribution in [0.1, 0.15) is 5.56 Å². The molecule has 0 unspecified atom stereocenters. The molecule has 21 heavy (non-hydrogen) atoms. The minimum Gasteiger partial charge on any atom is -0.437 e. The SMILES string of the molecule is OCc1cc2ccccc2nc1Oc1ccc(Cl)cc1Br. The second-order valence-corrected chi connectivity index (χ2v) is 5.77. The fourth-order valence-electron chi connectivity index (χ4n) is 2.01. The van der Waals surface area contributed by atoms with E-state index in [-0.39, 0.29) is 6.61 Å². The van der Waals surface area contributed by atoms with Crippen LogP contribution < -0.4 is 4.74 Å². The first-order valence-electron chi connectivity index (χ1n) is 6.30. The van der Waals surface area contributed by atoms with Gasteiger partial charge in [-0.1, -0.05) is 29.8 Å². The van der Waals surface area contributed by atoms with Crippen molar-refractivity contribution in [1.82, 2.24) is 4.98 Å². The molecule has 0 saturated carbocycles. The lowest BCUT2D eigenvalue weighted by Crippen LogP contribution is -1.96. The van der Waals surface area contributed by atoms with Gasteiger partial charge in [0.1, 0.15) is 5.75 Å². The van der Waals surface area contributed by atoms with Crippen LogP contribution in [0.4, 0.5) is 0 Å². The van der Waals surface area contributed by atoms with Crippen molar-refractivity contribution in [3.05, 3.63) is 63.6 Å². The zero-order valence-electron chi connectivity index (χ0n) is 10.9. The average Bonchev–Trinajstić information content (AvgIpc) is 2.49. The molecule has 0 aliphatic carbocycles. The Hall–Kier alpha value is -1.62. The van der Waals surface area contributed by atoms with Gasteiger partial charge in [-0.15, -0.1) is 0 Å². The lowest BCUT2D eigenvalue weighted by Gasteiger charge is -2.11. The zero-order chi connectivity index (χ0) is 14.8. The number of halogens is 2. The maximum Gasteiger partial charge on any atom is 0.225 e. The number of benzene rings is 2. The van der Waals surface area contributed by atoms with Crippen LogP contribution in [0.3, 0.4) is 0 Å². The Morgan fingerprint density at radius 3 is 2.71 bits per heavy atom. The fraction of sp³-hybridized carbons (Fsp3) is 0.0625. The minimum absolute atomic E-state index is 0.140. The smallest absolute Gasteiger partial charge is 0.225 e. The van der Waals surface area contributed by atoms with Crippen molar-refractivity contribution >= 4 is 38.4 Å². The van der Waals surface area contributed by atoms with E-state index in [2.05, 4.69) is 20.9 Å². The molecule has 0 aliphatic rings. The highest BCUT2D eigenvalue weighted by atomic mass is 79.9. The number of ether oxygens (including phenoxy) is 1. The Balaban J connectivity index is 2.06. The molecular weight excluding hydrogens is 354 g/mol. The Kier molecular flexibility index (Phi) is 4.10. The van der Waals surface area contributed by atoms with E-state index < -0.39 is 0 Å². The van der Waals surface area contributed by atoms with E-state index in [1.165, 1.54) is 0 Å². The predicted octanol–water partition coefficient (Wildman–Crippen LogP) is 4.94. The van der Waals surface area contributed by atoms with Crippen molar-refractivity contribution < 1.29 is 9.84 Å². The van der Waals surface area contributed by atoms with Gasteiger partial charge in [0.15, 0.2) is 0 Å². The summed E-state index contributed by atoms with van der Waals surface area (Å²) in [4.78, 5) is 4.47. The van der Waals surface area contributed by atoms with Crippen molar-refractivity contribution in [2.45, 2.75) is 6.61 Å². The van der Waals surface area contributed by atoms with E-state index in [1.54, 1.807) is 18.2 Å². The molecule has 0 spiro atoms. The van der Waals surface area contributed by atoms with Gasteiger partial charge in [-0.25, -0.2) is 4.98 Å². The Labute approximate surface area is 135 Å². The molecule has 0 bridgehead atoms. The summed E-state index contributed by atoms with van der Waals surface area (Å²) in [6.07, 6.45) is 0. The summed E-state index contributed by atoms with van der Waals surface area (Å²) in [5.74, 6) is 0.983. The molecule has 0 amide bonds. The molecule has 1 aromatic heterocycles. The van der Waals surface area contributed by atoms with Gasteiger partial charge in [0.25, 0.3) is 0 Å². The summed E-state index contributed by atoms with van der Waals surface area (Å²) in [7, 11) is 0. The Bertz CT molecular complexity index is 807. The number of pyridine rings is 1. The quantitative estimate of drug-likeness (QED) is 0.716. The van der Waals surface area contributed by atoms with Crippen molar-refractivity contribution in [2.75, 3.05) is 0 Å². The van der Waals surface area contributed by atoms with Gasteiger partial charge in [0.2, 0.25) is 5.88 Å². The van der Waals surface area contributed by atoms with Crippen LogP contribution in [-0.4, -0.2) is 10.1 Å². The van der Waals surface area contributed by atoms with Crippen LogP contribution in [0.2, 0.25) is 5.02 Å². The van der Waals surface area contributed by atoms with E-state index in [1.807, 2.05) is 30.3 Å². The number of hydrogen-bond acceptors (Lipinski definition) is 3. The molecule has 0 radical (unpaired) electrons. The number of aromatic nitrogens is 1. The lowest BCUT2D eigenvalue weighted by molar-refractivity contribution is 0.275. The number of fused-ring (bicyclic) bond motifs is 1. The third kappa shape index (κ3) is 3.02. The highest BCUT2D eigenvalue weighted by Crippen LogP contribution is 2.33. The van der Waals surface area contributed by atoms with Gasteiger partial charge < -0.3 is 9.84 Å². The number of para-hydroxylation sites is 1. The fourth-order valence-corrected chi connectivity index (χ4v) is 2.77. The van der Waals surface area contributed by atoms with Crippen LogP contribution in [0.5, 0.6) is 11.6 Å². The lowest BCUT2D eigenvalue weighted by atomic mass is 10.1. The van der Waals surface area contributed by atoms with Gasteiger partial charge in [-0.2, -0.15) is 0 Å².